The molecule has 0 saturated heterocycles. The zero-order chi connectivity index (χ0) is 15.8. The lowest BCUT2D eigenvalue weighted by atomic mass is 10.7. The number of aromatic nitrogens is 7. The van der Waals surface area contributed by atoms with E-state index in [0.717, 1.165) is 32.5 Å². The molecule has 0 unspecified atom stereocenters. The third-order valence-corrected chi connectivity index (χ3v) is 3.43. The van der Waals surface area contributed by atoms with Gasteiger partial charge in [0.25, 0.3) is 0 Å². The molecule has 0 aliphatic rings. The third kappa shape index (κ3) is 7.57. The molecule has 3 aromatic heterocycles. The van der Waals surface area contributed by atoms with Crippen molar-refractivity contribution in [2.45, 2.75) is 41.5 Å². The summed E-state index contributed by atoms with van der Waals surface area (Å²) in [5, 5.41) is 17.2. The maximum Gasteiger partial charge on any atom is 0.147 e. The van der Waals surface area contributed by atoms with Crippen molar-refractivity contribution in [3.05, 3.63) is 32.5 Å². The smallest absolute Gasteiger partial charge is 0.147 e. The Morgan fingerprint density at radius 2 is 1.38 bits per heavy atom. The van der Waals surface area contributed by atoms with Gasteiger partial charge in [-0.05, 0) is 53.1 Å². The first-order valence-electron chi connectivity index (χ1n) is 6.26. The van der Waals surface area contributed by atoms with Gasteiger partial charge >= 0.3 is 0 Å². The number of nitrogens with one attached hydrogen (secondary N) is 1. The minimum absolute atomic E-state index is 0.803. The van der Waals surface area contributed by atoms with Crippen molar-refractivity contribution in [2.75, 3.05) is 0 Å². The second-order valence-electron chi connectivity index (χ2n) is 4.17. The van der Waals surface area contributed by atoms with Crippen molar-refractivity contribution in [1.29, 1.82) is 0 Å². The molecular weight excluding hydrogens is 306 g/mol. The van der Waals surface area contributed by atoms with Crippen molar-refractivity contribution in [3.63, 3.8) is 0 Å². The molecule has 0 amide bonds. The van der Waals surface area contributed by atoms with Gasteiger partial charge < -0.3 is 0 Å². The highest BCUT2D eigenvalue weighted by atomic mass is 32.1. The van der Waals surface area contributed by atoms with Crippen molar-refractivity contribution in [3.8, 4) is 0 Å². The Bertz CT molecular complexity index is 515. The lowest BCUT2D eigenvalue weighted by molar-refractivity contribution is 1.02. The fraction of sp³-hybridized carbons (Fsp3) is 0.500. The summed E-state index contributed by atoms with van der Waals surface area (Å²) in [4.78, 5) is 7.96. The molecule has 0 spiro atoms. The summed E-state index contributed by atoms with van der Waals surface area (Å²) in [7, 11) is 0. The van der Waals surface area contributed by atoms with E-state index in [1.54, 1.807) is 11.3 Å². The number of hydrogen-bond acceptors (Lipinski definition) is 8. The first-order valence-corrected chi connectivity index (χ1v) is 7.85. The summed E-state index contributed by atoms with van der Waals surface area (Å²) >= 11 is 3.06. The maximum atomic E-state index is 4.02. The van der Waals surface area contributed by atoms with Gasteiger partial charge in [0, 0.05) is 0 Å². The zero-order valence-corrected chi connectivity index (χ0v) is 14.6. The molecule has 21 heavy (non-hydrogen) atoms. The van der Waals surface area contributed by atoms with Gasteiger partial charge in [0.15, 0.2) is 0 Å². The third-order valence-electron chi connectivity index (χ3n) is 1.97. The fourth-order valence-electron chi connectivity index (χ4n) is 1.25. The summed E-state index contributed by atoms with van der Waals surface area (Å²) in [6, 6.07) is 0. The lowest BCUT2D eigenvalue weighted by Gasteiger charge is -1.68. The van der Waals surface area contributed by atoms with Gasteiger partial charge in [-0.2, -0.15) is 9.47 Å². The van der Waals surface area contributed by atoms with Crippen LogP contribution in [0.2, 0.25) is 0 Å². The van der Waals surface area contributed by atoms with E-state index in [-0.39, 0.29) is 0 Å². The summed E-state index contributed by atoms with van der Waals surface area (Å²) in [6.45, 7) is 11.5. The van der Waals surface area contributed by atoms with Crippen LogP contribution in [-0.4, -0.2) is 34.7 Å². The van der Waals surface area contributed by atoms with Crippen molar-refractivity contribution in [1.82, 2.24) is 34.7 Å². The zero-order valence-electron chi connectivity index (χ0n) is 13.0. The van der Waals surface area contributed by atoms with Crippen LogP contribution in [0, 0.1) is 41.5 Å². The SMILES string of the molecule is Cc1n[nH]c(C)n1.Cc1nnc(C)s1.Cc1nsc(C)n1. The summed E-state index contributed by atoms with van der Waals surface area (Å²) in [5.41, 5.74) is 0. The standard InChI is InChI=1S/C4H7N3.2C4H6N2S/c1-3-5-4(2)7-6-3;1-3-5-6-4(2)7-3;1-3-5-4(2)7-6-3/h1-2H3,(H,5,6,7);2*1-2H3. The minimum atomic E-state index is 0.803. The molecular formula is C12H19N7S2. The van der Waals surface area contributed by atoms with Crippen molar-refractivity contribution >= 4 is 22.9 Å². The van der Waals surface area contributed by atoms with Crippen LogP contribution in [0.15, 0.2) is 0 Å². The van der Waals surface area contributed by atoms with E-state index in [9.17, 15) is 0 Å². The average Bonchev–Trinajstić information content (AvgIpc) is 3.06. The maximum absolute atomic E-state index is 4.02. The van der Waals surface area contributed by atoms with Crippen LogP contribution in [0.4, 0.5) is 0 Å². The van der Waals surface area contributed by atoms with E-state index in [0.29, 0.717) is 0 Å². The Morgan fingerprint density at radius 1 is 0.762 bits per heavy atom. The van der Waals surface area contributed by atoms with Crippen LogP contribution in [0.25, 0.3) is 0 Å². The van der Waals surface area contributed by atoms with E-state index < -0.39 is 0 Å². The van der Waals surface area contributed by atoms with Gasteiger partial charge in [-0.1, -0.05) is 0 Å². The summed E-state index contributed by atoms with van der Waals surface area (Å²) in [6.07, 6.45) is 0. The fourth-order valence-corrected chi connectivity index (χ4v) is 2.32. The van der Waals surface area contributed by atoms with Crippen LogP contribution >= 0.6 is 22.9 Å². The Hall–Kier alpha value is -1.74. The van der Waals surface area contributed by atoms with E-state index in [4.69, 9.17) is 0 Å². The Kier molecular flexibility index (Phi) is 7.03. The molecule has 0 aromatic carbocycles. The highest BCUT2D eigenvalue weighted by Crippen LogP contribution is 2.03. The van der Waals surface area contributed by atoms with Crippen molar-refractivity contribution < 1.29 is 0 Å². The first-order chi connectivity index (χ1) is 9.86. The molecule has 9 heteroatoms. The van der Waals surface area contributed by atoms with Crippen LogP contribution in [-0.2, 0) is 0 Å². The topological polar surface area (TPSA) is 93.1 Å². The van der Waals surface area contributed by atoms with Crippen LogP contribution in [0.1, 0.15) is 32.5 Å². The lowest BCUT2D eigenvalue weighted by Crippen LogP contribution is -1.70. The van der Waals surface area contributed by atoms with E-state index >= 15 is 0 Å². The number of hydrogen-bond donors (Lipinski definition) is 1. The van der Waals surface area contributed by atoms with Crippen LogP contribution < -0.4 is 0 Å². The molecule has 1 N–H and O–H groups in total. The second kappa shape index (κ2) is 8.53. The average molecular weight is 325 g/mol. The molecule has 0 saturated carbocycles. The largest absolute Gasteiger partial charge is 0.263 e. The molecule has 0 aliphatic carbocycles. The van der Waals surface area contributed by atoms with Gasteiger partial charge in [-0.15, -0.1) is 21.5 Å². The van der Waals surface area contributed by atoms with Gasteiger partial charge in [-0.25, -0.2) is 9.97 Å². The predicted molar refractivity (Wildman–Crippen MR) is 84.6 cm³/mol. The molecule has 114 valence electrons. The van der Waals surface area contributed by atoms with Gasteiger partial charge in [0.2, 0.25) is 0 Å². The number of H-pyrrole nitrogens is 1. The Balaban J connectivity index is 0.000000157. The highest BCUT2D eigenvalue weighted by Gasteiger charge is 1.89. The molecule has 3 rings (SSSR count). The highest BCUT2D eigenvalue weighted by molar-refractivity contribution is 7.11. The Labute approximate surface area is 132 Å². The van der Waals surface area contributed by atoms with Gasteiger partial charge in [-0.3, -0.25) is 5.10 Å². The molecule has 0 fully saturated rings. The quantitative estimate of drug-likeness (QED) is 0.683. The van der Waals surface area contributed by atoms with E-state index in [1.165, 1.54) is 11.5 Å². The van der Waals surface area contributed by atoms with E-state index in [1.807, 2.05) is 41.5 Å². The van der Waals surface area contributed by atoms with Crippen LogP contribution in [0.5, 0.6) is 0 Å². The van der Waals surface area contributed by atoms with Crippen molar-refractivity contribution in [2.24, 2.45) is 0 Å². The van der Waals surface area contributed by atoms with Crippen LogP contribution in [0.3, 0.4) is 0 Å². The summed E-state index contributed by atoms with van der Waals surface area (Å²) in [5.74, 6) is 2.55. The first kappa shape index (κ1) is 17.3. The number of nitrogens with zero attached hydrogens (tertiary/aromatic N) is 6. The minimum Gasteiger partial charge on any atom is -0.263 e. The molecule has 0 atom stereocenters. The predicted octanol–water partition coefficient (Wildman–Crippen LogP) is 2.73. The number of aromatic amines is 1. The molecule has 7 nitrogen and oxygen atoms in total. The normalized spacial score (nSPS) is 9.43. The number of rotatable bonds is 0. The summed E-state index contributed by atoms with van der Waals surface area (Å²) < 4.78 is 3.95. The molecule has 3 heterocycles. The van der Waals surface area contributed by atoms with Gasteiger partial charge in [0.05, 0.1) is 0 Å². The monoisotopic (exact) mass is 325 g/mol. The van der Waals surface area contributed by atoms with E-state index in [2.05, 4.69) is 34.7 Å². The molecule has 3 aromatic rings. The molecule has 0 radical (unpaired) electrons. The second-order valence-corrected chi connectivity index (χ2v) is 6.51. The molecule has 0 aliphatic heterocycles. The number of aryl methyl sites for hydroxylation is 6. The Morgan fingerprint density at radius 3 is 1.52 bits per heavy atom. The van der Waals surface area contributed by atoms with Gasteiger partial charge in [0.1, 0.15) is 32.5 Å². The molecule has 0 bridgehead atoms.